The van der Waals surface area contributed by atoms with Crippen LogP contribution in [0.2, 0.25) is 0 Å². The summed E-state index contributed by atoms with van der Waals surface area (Å²) in [5.74, 6) is 1.45. The molecule has 0 aromatic heterocycles. The number of rotatable bonds is 4. The van der Waals surface area contributed by atoms with E-state index >= 15 is 0 Å². The molecule has 0 bridgehead atoms. The minimum absolute atomic E-state index is 0.0976. The Morgan fingerprint density at radius 1 is 1.21 bits per heavy atom. The third kappa shape index (κ3) is 2.37. The van der Waals surface area contributed by atoms with E-state index in [-0.39, 0.29) is 17.6 Å². The number of aryl methyl sites for hydroxylation is 1. The lowest BCUT2D eigenvalue weighted by Crippen LogP contribution is -2.56. The highest BCUT2D eigenvalue weighted by Crippen LogP contribution is 2.43. The van der Waals surface area contributed by atoms with E-state index in [2.05, 4.69) is 19.2 Å². The molecule has 1 aliphatic rings. The van der Waals surface area contributed by atoms with Gasteiger partial charge in [-0.1, -0.05) is 13.8 Å². The van der Waals surface area contributed by atoms with Crippen LogP contribution in [0.3, 0.4) is 0 Å². The summed E-state index contributed by atoms with van der Waals surface area (Å²) in [5.41, 5.74) is 2.04. The second-order valence-corrected chi connectivity index (χ2v) is 5.79. The second-order valence-electron chi connectivity index (χ2n) is 5.79. The van der Waals surface area contributed by atoms with Gasteiger partial charge in [-0.2, -0.15) is 0 Å². The smallest absolute Gasteiger partial charge is 0.162 e. The highest BCUT2D eigenvalue weighted by Gasteiger charge is 2.47. The average Bonchev–Trinajstić information content (AvgIpc) is 2.39. The lowest BCUT2D eigenvalue weighted by atomic mass is 9.64. The van der Waals surface area contributed by atoms with Gasteiger partial charge in [0, 0.05) is 23.2 Å². The Morgan fingerprint density at radius 2 is 1.79 bits per heavy atom. The Bertz CT molecular complexity index is 471. The van der Waals surface area contributed by atoms with Crippen LogP contribution in [0.15, 0.2) is 12.1 Å². The van der Waals surface area contributed by atoms with Crippen LogP contribution < -0.4 is 14.8 Å². The number of hydrogen-bond acceptors (Lipinski definition) is 4. The van der Waals surface area contributed by atoms with Crippen molar-refractivity contribution in [2.24, 2.45) is 5.41 Å². The second kappa shape index (κ2) is 4.93. The zero-order valence-corrected chi connectivity index (χ0v) is 12.3. The maximum atomic E-state index is 9.79. The molecule has 1 aromatic rings. The SMILES string of the molecule is COc1cc(C)c(NC2CC(O)C2(C)C)cc1OC. The van der Waals surface area contributed by atoms with Crippen LogP contribution in [-0.2, 0) is 0 Å². The minimum atomic E-state index is -0.231. The van der Waals surface area contributed by atoms with Gasteiger partial charge >= 0.3 is 0 Å². The molecule has 106 valence electrons. The summed E-state index contributed by atoms with van der Waals surface area (Å²) in [6.45, 7) is 6.19. The molecule has 1 aliphatic carbocycles. The summed E-state index contributed by atoms with van der Waals surface area (Å²) < 4.78 is 10.6. The van der Waals surface area contributed by atoms with Gasteiger partial charge in [0.1, 0.15) is 0 Å². The Kier molecular flexibility index (Phi) is 3.63. The zero-order chi connectivity index (χ0) is 14.2. The van der Waals surface area contributed by atoms with E-state index in [0.717, 1.165) is 23.4 Å². The normalized spacial score (nSPS) is 24.5. The number of benzene rings is 1. The number of nitrogens with one attached hydrogen (secondary N) is 1. The van der Waals surface area contributed by atoms with Crippen LogP contribution in [0.5, 0.6) is 11.5 Å². The molecule has 2 unspecified atom stereocenters. The molecule has 4 heteroatoms. The van der Waals surface area contributed by atoms with E-state index in [1.807, 2.05) is 19.1 Å². The molecule has 0 heterocycles. The lowest BCUT2D eigenvalue weighted by Gasteiger charge is -2.50. The first-order valence-electron chi connectivity index (χ1n) is 6.57. The quantitative estimate of drug-likeness (QED) is 0.878. The maximum absolute atomic E-state index is 9.79. The summed E-state index contributed by atoms with van der Waals surface area (Å²) in [6, 6.07) is 4.19. The average molecular weight is 265 g/mol. The first-order chi connectivity index (χ1) is 8.90. The topological polar surface area (TPSA) is 50.7 Å². The van der Waals surface area contributed by atoms with Crippen molar-refractivity contribution >= 4 is 5.69 Å². The molecule has 0 aliphatic heterocycles. The van der Waals surface area contributed by atoms with Crippen molar-refractivity contribution in [2.45, 2.75) is 39.3 Å². The van der Waals surface area contributed by atoms with Gasteiger partial charge in [-0.3, -0.25) is 0 Å². The summed E-state index contributed by atoms with van der Waals surface area (Å²) in [7, 11) is 3.27. The third-order valence-electron chi connectivity index (χ3n) is 4.28. The number of anilines is 1. The number of hydrogen-bond donors (Lipinski definition) is 2. The molecular formula is C15H23NO3. The molecule has 0 amide bonds. The van der Waals surface area contributed by atoms with Crippen molar-refractivity contribution in [1.29, 1.82) is 0 Å². The monoisotopic (exact) mass is 265 g/mol. The van der Waals surface area contributed by atoms with Crippen LogP contribution >= 0.6 is 0 Å². The largest absolute Gasteiger partial charge is 0.493 e. The minimum Gasteiger partial charge on any atom is -0.493 e. The summed E-state index contributed by atoms with van der Waals surface area (Å²) in [4.78, 5) is 0. The van der Waals surface area contributed by atoms with Gasteiger partial charge in [0.25, 0.3) is 0 Å². The molecule has 19 heavy (non-hydrogen) atoms. The van der Waals surface area contributed by atoms with Crippen LogP contribution in [0.25, 0.3) is 0 Å². The molecule has 0 spiro atoms. The van der Waals surface area contributed by atoms with E-state index in [9.17, 15) is 5.11 Å². The van der Waals surface area contributed by atoms with Crippen LogP contribution in [-0.4, -0.2) is 31.5 Å². The van der Waals surface area contributed by atoms with Crippen molar-refractivity contribution in [3.8, 4) is 11.5 Å². The first kappa shape index (κ1) is 14.0. The van der Waals surface area contributed by atoms with Crippen LogP contribution in [0.1, 0.15) is 25.8 Å². The van der Waals surface area contributed by atoms with Crippen molar-refractivity contribution in [3.63, 3.8) is 0 Å². The fraction of sp³-hybridized carbons (Fsp3) is 0.600. The third-order valence-corrected chi connectivity index (χ3v) is 4.28. The summed E-state index contributed by atoms with van der Waals surface area (Å²) in [6.07, 6.45) is 0.547. The molecule has 4 nitrogen and oxygen atoms in total. The molecule has 2 N–H and O–H groups in total. The fourth-order valence-electron chi connectivity index (χ4n) is 2.47. The van der Waals surface area contributed by atoms with Gasteiger partial charge < -0.3 is 19.9 Å². The van der Waals surface area contributed by atoms with Crippen molar-refractivity contribution in [2.75, 3.05) is 19.5 Å². The number of methoxy groups -OCH3 is 2. The van der Waals surface area contributed by atoms with E-state index < -0.39 is 0 Å². The van der Waals surface area contributed by atoms with E-state index in [1.54, 1.807) is 14.2 Å². The summed E-state index contributed by atoms with van der Waals surface area (Å²) >= 11 is 0. The van der Waals surface area contributed by atoms with Gasteiger partial charge in [-0.05, 0) is 25.0 Å². The molecule has 2 atom stereocenters. The standard InChI is InChI=1S/C15H23NO3/c1-9-6-11(18-4)12(19-5)7-10(9)16-13-8-14(17)15(13,2)3/h6-7,13-14,16-17H,8H2,1-5H3. The maximum Gasteiger partial charge on any atom is 0.162 e. The number of aliphatic hydroxyl groups is 1. The molecule has 1 fully saturated rings. The van der Waals surface area contributed by atoms with E-state index in [0.29, 0.717) is 5.75 Å². The van der Waals surface area contributed by atoms with Crippen molar-refractivity contribution < 1.29 is 14.6 Å². The first-order valence-corrected chi connectivity index (χ1v) is 6.57. The Balaban J connectivity index is 2.22. The Morgan fingerprint density at radius 3 is 2.26 bits per heavy atom. The highest BCUT2D eigenvalue weighted by atomic mass is 16.5. The zero-order valence-electron chi connectivity index (χ0n) is 12.3. The van der Waals surface area contributed by atoms with Gasteiger partial charge in [-0.15, -0.1) is 0 Å². The molecule has 0 radical (unpaired) electrons. The fourth-order valence-corrected chi connectivity index (χ4v) is 2.47. The predicted octanol–water partition coefficient (Wildman–Crippen LogP) is 2.58. The van der Waals surface area contributed by atoms with Gasteiger partial charge in [0.15, 0.2) is 11.5 Å². The molecule has 0 saturated heterocycles. The van der Waals surface area contributed by atoms with Gasteiger partial charge in [0.2, 0.25) is 0 Å². The summed E-state index contributed by atoms with van der Waals surface area (Å²) in [5, 5.41) is 13.3. The number of aliphatic hydroxyl groups excluding tert-OH is 1. The van der Waals surface area contributed by atoms with Crippen LogP contribution in [0, 0.1) is 12.3 Å². The molecule has 2 rings (SSSR count). The predicted molar refractivity (Wildman–Crippen MR) is 76.1 cm³/mol. The number of ether oxygens (including phenoxy) is 2. The van der Waals surface area contributed by atoms with E-state index in [4.69, 9.17) is 9.47 Å². The lowest BCUT2D eigenvalue weighted by molar-refractivity contribution is -0.0510. The van der Waals surface area contributed by atoms with Crippen LogP contribution in [0.4, 0.5) is 5.69 Å². The van der Waals surface area contributed by atoms with Crippen molar-refractivity contribution in [1.82, 2.24) is 0 Å². The van der Waals surface area contributed by atoms with Gasteiger partial charge in [0.05, 0.1) is 20.3 Å². The highest BCUT2D eigenvalue weighted by molar-refractivity contribution is 5.61. The molecular weight excluding hydrogens is 242 g/mol. The molecule has 1 aromatic carbocycles. The van der Waals surface area contributed by atoms with Crippen molar-refractivity contribution in [3.05, 3.63) is 17.7 Å². The molecule has 1 saturated carbocycles. The van der Waals surface area contributed by atoms with E-state index in [1.165, 1.54) is 0 Å². The van der Waals surface area contributed by atoms with Gasteiger partial charge in [-0.25, -0.2) is 0 Å². The Hall–Kier alpha value is -1.42. The Labute approximate surface area is 114 Å².